The van der Waals surface area contributed by atoms with E-state index in [2.05, 4.69) is 0 Å². The fourth-order valence-corrected chi connectivity index (χ4v) is 5.81. The lowest BCUT2D eigenvalue weighted by molar-refractivity contribution is -0.261. The number of aliphatic hydroxyl groups is 4. The van der Waals surface area contributed by atoms with E-state index in [1.54, 1.807) is 26.8 Å². The molecule has 0 radical (unpaired) electrons. The van der Waals surface area contributed by atoms with Gasteiger partial charge in [-0.2, -0.15) is 0 Å². The first kappa shape index (κ1) is 23.2. The van der Waals surface area contributed by atoms with E-state index in [9.17, 15) is 30.0 Å². The Hall–Kier alpha value is -1.48. The van der Waals surface area contributed by atoms with Gasteiger partial charge in [-0.1, -0.05) is 12.5 Å². The van der Waals surface area contributed by atoms with Crippen LogP contribution in [0.3, 0.4) is 0 Å². The average molecular weight is 427 g/mol. The van der Waals surface area contributed by atoms with Crippen LogP contribution in [-0.2, 0) is 19.1 Å². The van der Waals surface area contributed by atoms with Gasteiger partial charge in [0.2, 0.25) is 0 Å². The van der Waals surface area contributed by atoms with E-state index < -0.39 is 64.8 Å². The van der Waals surface area contributed by atoms with Crippen molar-refractivity contribution in [3.05, 3.63) is 11.6 Å². The Bertz CT molecular complexity index is 745. The fourth-order valence-electron chi connectivity index (χ4n) is 5.81. The van der Waals surface area contributed by atoms with Crippen LogP contribution in [-0.4, -0.2) is 68.0 Å². The summed E-state index contributed by atoms with van der Waals surface area (Å²) < 4.78 is 11.1. The molecule has 30 heavy (non-hydrogen) atoms. The number of carbonyl (C=O) groups is 2. The number of ether oxygens (including phenoxy) is 2. The molecular formula is C22H34O8. The van der Waals surface area contributed by atoms with E-state index in [1.807, 2.05) is 0 Å². The number of esters is 2. The molecule has 1 unspecified atom stereocenters. The minimum absolute atomic E-state index is 0.178. The van der Waals surface area contributed by atoms with Crippen molar-refractivity contribution in [2.75, 3.05) is 0 Å². The number of fused-ring (bicyclic) bond motifs is 2. The Kier molecular flexibility index (Phi) is 5.86. The van der Waals surface area contributed by atoms with Gasteiger partial charge in [-0.3, -0.25) is 9.59 Å². The SMILES string of the molecule is CC(=O)OC1[C@@H]2[C@](C)([C@@H](O)CC/C(C)=C\[C@@H]3OC(=O)[C@H](C)[C@@]13O)[C@@H](O)CC[C@]2(C)O. The summed E-state index contributed by atoms with van der Waals surface area (Å²) in [6, 6.07) is 0. The molecule has 170 valence electrons. The Labute approximate surface area is 176 Å². The zero-order chi connectivity index (χ0) is 22.6. The lowest BCUT2D eigenvalue weighted by Crippen LogP contribution is -2.70. The fraction of sp³-hybridized carbons (Fsp3) is 0.818. The molecule has 2 fully saturated rings. The summed E-state index contributed by atoms with van der Waals surface area (Å²) in [4.78, 5) is 24.6. The predicted molar refractivity (Wildman–Crippen MR) is 106 cm³/mol. The van der Waals surface area contributed by atoms with Crippen LogP contribution in [0.1, 0.15) is 60.3 Å². The Morgan fingerprint density at radius 2 is 1.80 bits per heavy atom. The molecule has 2 aliphatic carbocycles. The van der Waals surface area contributed by atoms with Crippen molar-refractivity contribution in [2.24, 2.45) is 17.3 Å². The molecule has 1 saturated heterocycles. The van der Waals surface area contributed by atoms with Crippen molar-refractivity contribution in [1.29, 1.82) is 0 Å². The van der Waals surface area contributed by atoms with Gasteiger partial charge in [-0.15, -0.1) is 0 Å². The molecule has 0 spiro atoms. The van der Waals surface area contributed by atoms with Crippen molar-refractivity contribution in [2.45, 2.75) is 95.9 Å². The van der Waals surface area contributed by atoms with Crippen LogP contribution >= 0.6 is 0 Å². The quantitative estimate of drug-likeness (QED) is 0.358. The molecule has 0 aromatic carbocycles. The average Bonchev–Trinajstić information content (AvgIpc) is 2.85. The van der Waals surface area contributed by atoms with E-state index in [1.165, 1.54) is 13.8 Å². The Balaban J connectivity index is 2.30. The van der Waals surface area contributed by atoms with Crippen molar-refractivity contribution >= 4 is 11.9 Å². The lowest BCUT2D eigenvalue weighted by Gasteiger charge is -2.58. The highest BCUT2D eigenvalue weighted by Gasteiger charge is 2.69. The van der Waals surface area contributed by atoms with Crippen molar-refractivity contribution < 1.29 is 39.5 Å². The monoisotopic (exact) mass is 426 g/mol. The molecule has 1 heterocycles. The third-order valence-electron chi connectivity index (χ3n) is 7.75. The van der Waals surface area contributed by atoms with Gasteiger partial charge in [0, 0.05) is 18.3 Å². The van der Waals surface area contributed by atoms with E-state index in [0.717, 1.165) is 5.57 Å². The molecule has 0 aromatic heterocycles. The van der Waals surface area contributed by atoms with Gasteiger partial charge < -0.3 is 29.9 Å². The molecule has 4 N–H and O–H groups in total. The molecule has 8 heteroatoms. The summed E-state index contributed by atoms with van der Waals surface area (Å²) >= 11 is 0. The van der Waals surface area contributed by atoms with Crippen LogP contribution in [0.5, 0.6) is 0 Å². The Morgan fingerprint density at radius 1 is 1.20 bits per heavy atom. The van der Waals surface area contributed by atoms with E-state index in [0.29, 0.717) is 12.8 Å². The second kappa shape index (κ2) is 7.58. The molecule has 0 amide bonds. The van der Waals surface area contributed by atoms with E-state index in [4.69, 9.17) is 9.47 Å². The van der Waals surface area contributed by atoms with Crippen LogP contribution in [0.2, 0.25) is 0 Å². The summed E-state index contributed by atoms with van der Waals surface area (Å²) in [5, 5.41) is 45.5. The molecule has 1 saturated carbocycles. The highest BCUT2D eigenvalue weighted by atomic mass is 16.6. The number of allylic oxidation sites excluding steroid dienone is 1. The molecule has 8 nitrogen and oxygen atoms in total. The molecule has 1 aliphatic heterocycles. The maximum atomic E-state index is 12.5. The minimum atomic E-state index is -1.98. The zero-order valence-electron chi connectivity index (χ0n) is 18.3. The number of carbonyl (C=O) groups excluding carboxylic acids is 2. The summed E-state index contributed by atoms with van der Waals surface area (Å²) in [6.07, 6.45) is -1.73. The number of hydrogen-bond acceptors (Lipinski definition) is 8. The summed E-state index contributed by atoms with van der Waals surface area (Å²) in [7, 11) is 0. The van der Waals surface area contributed by atoms with Gasteiger partial charge in [0.25, 0.3) is 0 Å². The Morgan fingerprint density at radius 3 is 2.40 bits per heavy atom. The summed E-state index contributed by atoms with van der Waals surface area (Å²) in [5.41, 5.74) is -3.97. The van der Waals surface area contributed by atoms with Crippen LogP contribution in [0.25, 0.3) is 0 Å². The first-order valence-electron chi connectivity index (χ1n) is 10.6. The second-order valence-corrected chi connectivity index (χ2v) is 9.82. The smallest absolute Gasteiger partial charge is 0.312 e. The van der Waals surface area contributed by atoms with Gasteiger partial charge in [0.05, 0.1) is 23.7 Å². The first-order chi connectivity index (χ1) is 13.8. The molecule has 9 atom stereocenters. The van der Waals surface area contributed by atoms with Crippen molar-refractivity contribution in [3.8, 4) is 0 Å². The normalized spacial score (nSPS) is 51.1. The number of hydrogen-bond donors (Lipinski definition) is 4. The van der Waals surface area contributed by atoms with Gasteiger partial charge >= 0.3 is 11.9 Å². The van der Waals surface area contributed by atoms with Gasteiger partial charge in [-0.05, 0) is 52.5 Å². The zero-order valence-corrected chi connectivity index (χ0v) is 18.3. The second-order valence-electron chi connectivity index (χ2n) is 9.82. The largest absolute Gasteiger partial charge is 0.459 e. The predicted octanol–water partition coefficient (Wildman–Crippen LogP) is 0.840. The third kappa shape index (κ3) is 3.38. The highest BCUT2D eigenvalue weighted by Crippen LogP contribution is 2.56. The molecule has 3 rings (SSSR count). The van der Waals surface area contributed by atoms with Crippen molar-refractivity contribution in [3.63, 3.8) is 0 Å². The maximum absolute atomic E-state index is 12.5. The standard InChI is InChI=1S/C22H34O8/c1-11-6-7-14(24)21(5)15(25)8-9-20(4,27)17(21)18(29-13(3)23)22(28)12(2)19(26)30-16(22)10-11/h10,12,14-18,24-25,27-28H,6-9H2,1-5H3/b11-10-/t12-,14-,15-,16-,17-,18?,20-,21+,22-/m0/s1. The van der Waals surface area contributed by atoms with Crippen LogP contribution in [0, 0.1) is 17.3 Å². The summed E-state index contributed by atoms with van der Waals surface area (Å²) in [6.45, 7) is 7.69. The molecule has 0 aromatic rings. The van der Waals surface area contributed by atoms with Crippen LogP contribution in [0.4, 0.5) is 0 Å². The van der Waals surface area contributed by atoms with Gasteiger partial charge in [0.1, 0.15) is 6.10 Å². The number of aliphatic hydroxyl groups excluding tert-OH is 2. The summed E-state index contributed by atoms with van der Waals surface area (Å²) in [5.74, 6) is -3.44. The van der Waals surface area contributed by atoms with Crippen LogP contribution in [0.15, 0.2) is 11.6 Å². The first-order valence-corrected chi connectivity index (χ1v) is 10.6. The van der Waals surface area contributed by atoms with Gasteiger partial charge in [-0.25, -0.2) is 0 Å². The van der Waals surface area contributed by atoms with Crippen LogP contribution < -0.4 is 0 Å². The molecule has 3 aliphatic rings. The van der Waals surface area contributed by atoms with Crippen molar-refractivity contribution in [1.82, 2.24) is 0 Å². The molecular weight excluding hydrogens is 392 g/mol. The topological polar surface area (TPSA) is 134 Å². The lowest BCUT2D eigenvalue weighted by atomic mass is 9.52. The van der Waals surface area contributed by atoms with E-state index >= 15 is 0 Å². The van der Waals surface area contributed by atoms with E-state index in [-0.39, 0.29) is 12.8 Å². The maximum Gasteiger partial charge on any atom is 0.312 e. The number of rotatable bonds is 1. The third-order valence-corrected chi connectivity index (χ3v) is 7.75. The minimum Gasteiger partial charge on any atom is -0.459 e. The highest BCUT2D eigenvalue weighted by molar-refractivity contribution is 5.77. The van der Waals surface area contributed by atoms with Gasteiger partial charge in [0.15, 0.2) is 11.7 Å². The molecule has 0 bridgehead atoms.